The lowest BCUT2D eigenvalue weighted by Gasteiger charge is -2.35. The van der Waals surface area contributed by atoms with Crippen LogP contribution in [0.25, 0.3) is 0 Å². The lowest BCUT2D eigenvalue weighted by molar-refractivity contribution is -0.139. The second-order valence-electron chi connectivity index (χ2n) is 6.61. The van der Waals surface area contributed by atoms with Crippen molar-refractivity contribution in [1.82, 2.24) is 9.62 Å². The molecule has 23 heavy (non-hydrogen) atoms. The first-order valence-electron chi connectivity index (χ1n) is 8.12. The van der Waals surface area contributed by atoms with E-state index in [1.807, 2.05) is 13.8 Å². The van der Waals surface area contributed by atoms with Gasteiger partial charge in [-0.15, -0.1) is 0 Å². The van der Waals surface area contributed by atoms with Crippen LogP contribution < -0.4 is 4.72 Å². The molecule has 1 amide bonds. The maximum atomic E-state index is 12.2. The molecule has 1 heterocycles. The van der Waals surface area contributed by atoms with E-state index in [1.54, 1.807) is 4.90 Å². The van der Waals surface area contributed by atoms with E-state index in [0.717, 1.165) is 19.3 Å². The summed E-state index contributed by atoms with van der Waals surface area (Å²) in [5.41, 5.74) is 0. The summed E-state index contributed by atoms with van der Waals surface area (Å²) < 4.78 is 26.6. The van der Waals surface area contributed by atoms with E-state index in [2.05, 4.69) is 4.72 Å². The van der Waals surface area contributed by atoms with Crippen molar-refractivity contribution in [3.8, 4) is 0 Å². The Kier molecular flexibility index (Phi) is 7.47. The molecule has 2 atom stereocenters. The molecule has 1 unspecified atom stereocenters. The largest absolute Gasteiger partial charge is 0.480 e. The zero-order chi connectivity index (χ0) is 17.6. The first kappa shape index (κ1) is 19.9. The summed E-state index contributed by atoms with van der Waals surface area (Å²) in [4.78, 5) is 24.5. The van der Waals surface area contributed by atoms with Crippen LogP contribution in [0.15, 0.2) is 0 Å². The highest BCUT2D eigenvalue weighted by Crippen LogP contribution is 2.20. The van der Waals surface area contributed by atoms with Crippen molar-refractivity contribution in [3.63, 3.8) is 0 Å². The highest BCUT2D eigenvalue weighted by molar-refractivity contribution is 7.89. The molecule has 0 aliphatic carbocycles. The smallest absolute Gasteiger partial charge is 0.321 e. The van der Waals surface area contributed by atoms with Gasteiger partial charge >= 0.3 is 5.97 Å². The fourth-order valence-electron chi connectivity index (χ4n) is 2.95. The van der Waals surface area contributed by atoms with Crippen molar-refractivity contribution in [2.45, 2.75) is 65.0 Å². The molecule has 134 valence electrons. The van der Waals surface area contributed by atoms with Gasteiger partial charge < -0.3 is 10.0 Å². The van der Waals surface area contributed by atoms with Gasteiger partial charge in [0.05, 0.1) is 5.75 Å². The van der Waals surface area contributed by atoms with Crippen LogP contribution in [0.1, 0.15) is 52.9 Å². The highest BCUT2D eigenvalue weighted by Gasteiger charge is 2.28. The van der Waals surface area contributed by atoms with Crippen LogP contribution in [0.5, 0.6) is 0 Å². The van der Waals surface area contributed by atoms with Crippen LogP contribution >= 0.6 is 0 Å². The van der Waals surface area contributed by atoms with Crippen molar-refractivity contribution < 1.29 is 23.1 Å². The van der Waals surface area contributed by atoms with Crippen LogP contribution in [0.4, 0.5) is 0 Å². The van der Waals surface area contributed by atoms with E-state index in [0.29, 0.717) is 13.0 Å². The van der Waals surface area contributed by atoms with E-state index < -0.39 is 22.0 Å². The van der Waals surface area contributed by atoms with Crippen LogP contribution in [0.2, 0.25) is 0 Å². The highest BCUT2D eigenvalue weighted by atomic mass is 32.2. The summed E-state index contributed by atoms with van der Waals surface area (Å²) in [6.45, 7) is 5.85. The monoisotopic (exact) mass is 348 g/mol. The van der Waals surface area contributed by atoms with Crippen LogP contribution in [0.3, 0.4) is 0 Å². The molecule has 0 saturated carbocycles. The van der Waals surface area contributed by atoms with Crippen molar-refractivity contribution in [1.29, 1.82) is 0 Å². The standard InChI is InChI=1S/C15H28N2O5S/c1-11(2)10-14(15(19)20)16-23(21,22)9-7-13-6-4-5-8-17(13)12(3)18/h11,13-14,16H,4-10H2,1-3H3,(H,19,20)/t13?,14-/m0/s1. The maximum Gasteiger partial charge on any atom is 0.321 e. The van der Waals surface area contributed by atoms with E-state index >= 15 is 0 Å². The third kappa shape index (κ3) is 6.87. The van der Waals surface area contributed by atoms with Crippen LogP contribution in [-0.2, 0) is 19.6 Å². The number of carbonyl (C=O) groups excluding carboxylic acids is 1. The second kappa shape index (κ2) is 8.63. The number of hydrogen-bond acceptors (Lipinski definition) is 4. The Morgan fingerprint density at radius 3 is 2.48 bits per heavy atom. The number of carboxylic acids is 1. The number of sulfonamides is 1. The van der Waals surface area contributed by atoms with E-state index in [-0.39, 0.29) is 30.0 Å². The van der Waals surface area contributed by atoms with Crippen molar-refractivity contribution in [2.24, 2.45) is 5.92 Å². The fourth-order valence-corrected chi connectivity index (χ4v) is 4.28. The van der Waals surface area contributed by atoms with Crippen molar-refractivity contribution >= 4 is 21.9 Å². The molecule has 8 heteroatoms. The fraction of sp³-hybridized carbons (Fsp3) is 0.867. The first-order chi connectivity index (χ1) is 10.6. The molecule has 1 aliphatic heterocycles. The van der Waals surface area contributed by atoms with E-state index in [9.17, 15) is 18.0 Å². The van der Waals surface area contributed by atoms with Gasteiger partial charge in [-0.05, 0) is 38.0 Å². The number of nitrogens with one attached hydrogen (secondary N) is 1. The van der Waals surface area contributed by atoms with Crippen LogP contribution in [0, 0.1) is 5.92 Å². The molecule has 1 saturated heterocycles. The summed E-state index contributed by atoms with van der Waals surface area (Å²) >= 11 is 0. The van der Waals surface area contributed by atoms with Gasteiger partial charge in [0, 0.05) is 19.5 Å². The van der Waals surface area contributed by atoms with Gasteiger partial charge in [-0.1, -0.05) is 13.8 Å². The van der Waals surface area contributed by atoms with Gasteiger partial charge in [0.25, 0.3) is 0 Å². The molecule has 0 aromatic rings. The first-order valence-corrected chi connectivity index (χ1v) is 9.77. The molecule has 0 radical (unpaired) electrons. The number of carbonyl (C=O) groups is 2. The van der Waals surface area contributed by atoms with Crippen LogP contribution in [-0.4, -0.2) is 54.7 Å². The minimum Gasteiger partial charge on any atom is -0.480 e. The summed E-state index contributed by atoms with van der Waals surface area (Å²) in [5, 5.41) is 9.14. The predicted octanol–water partition coefficient (Wildman–Crippen LogP) is 1.20. The Balaban J connectivity index is 2.63. The quantitative estimate of drug-likeness (QED) is 0.686. The number of amides is 1. The molecule has 0 spiro atoms. The molecule has 0 aromatic heterocycles. The molecular formula is C15H28N2O5S. The van der Waals surface area contributed by atoms with E-state index in [1.165, 1.54) is 6.92 Å². The summed E-state index contributed by atoms with van der Waals surface area (Å²) in [6.07, 6.45) is 3.30. The average Bonchev–Trinajstić information content (AvgIpc) is 2.44. The molecule has 1 fully saturated rings. The number of aliphatic carboxylic acids is 1. The zero-order valence-corrected chi connectivity index (χ0v) is 14.9. The number of piperidine rings is 1. The van der Waals surface area contributed by atoms with Crippen molar-refractivity contribution in [3.05, 3.63) is 0 Å². The average molecular weight is 348 g/mol. The second-order valence-corrected chi connectivity index (χ2v) is 8.48. The topological polar surface area (TPSA) is 104 Å². The number of hydrogen-bond donors (Lipinski definition) is 2. The number of likely N-dealkylation sites (tertiary alicyclic amines) is 1. The molecule has 0 aromatic carbocycles. The predicted molar refractivity (Wildman–Crippen MR) is 87.4 cm³/mol. The van der Waals surface area contributed by atoms with Gasteiger partial charge in [0.1, 0.15) is 6.04 Å². The summed E-state index contributed by atoms with van der Waals surface area (Å²) in [5.74, 6) is -1.29. The third-order valence-corrected chi connectivity index (χ3v) is 5.50. The summed E-state index contributed by atoms with van der Waals surface area (Å²) in [7, 11) is -3.69. The Morgan fingerprint density at radius 2 is 1.96 bits per heavy atom. The SMILES string of the molecule is CC(=O)N1CCCCC1CCS(=O)(=O)N[C@@H](CC(C)C)C(=O)O. The van der Waals surface area contributed by atoms with Gasteiger partial charge in [-0.3, -0.25) is 9.59 Å². The van der Waals surface area contributed by atoms with Gasteiger partial charge in [-0.25, -0.2) is 13.1 Å². The summed E-state index contributed by atoms with van der Waals surface area (Å²) in [6, 6.07) is -1.18. The molecule has 2 N–H and O–H groups in total. The lowest BCUT2D eigenvalue weighted by atomic mass is 10.00. The molecule has 1 rings (SSSR count). The maximum absolute atomic E-state index is 12.2. The van der Waals surface area contributed by atoms with E-state index in [4.69, 9.17) is 5.11 Å². The molecular weight excluding hydrogens is 320 g/mol. The Bertz CT molecular complexity index is 518. The third-order valence-electron chi connectivity index (χ3n) is 4.08. The number of carboxylic acid groups (broad SMARTS) is 1. The zero-order valence-electron chi connectivity index (χ0n) is 14.1. The number of nitrogens with zero attached hydrogens (tertiary/aromatic N) is 1. The van der Waals surface area contributed by atoms with Gasteiger partial charge in [-0.2, -0.15) is 0 Å². The minimum absolute atomic E-state index is 0.0386. The Morgan fingerprint density at radius 1 is 1.30 bits per heavy atom. The normalized spacial score (nSPS) is 20.5. The minimum atomic E-state index is -3.69. The van der Waals surface area contributed by atoms with Crippen molar-refractivity contribution in [2.75, 3.05) is 12.3 Å². The lowest BCUT2D eigenvalue weighted by Crippen LogP contribution is -2.46. The molecule has 7 nitrogen and oxygen atoms in total. The molecule has 0 bridgehead atoms. The Hall–Kier alpha value is -1.15. The van der Waals surface area contributed by atoms with Gasteiger partial charge in [0.15, 0.2) is 0 Å². The van der Waals surface area contributed by atoms with Gasteiger partial charge in [0.2, 0.25) is 15.9 Å². The number of rotatable bonds is 8. The molecule has 1 aliphatic rings. The Labute approximate surface area is 138 Å².